The van der Waals surface area contributed by atoms with Crippen LogP contribution in [-0.2, 0) is 4.79 Å². The zero-order valence-electron chi connectivity index (χ0n) is 14.8. The summed E-state index contributed by atoms with van der Waals surface area (Å²) < 4.78 is 0. The van der Waals surface area contributed by atoms with Crippen molar-refractivity contribution in [3.05, 3.63) is 63.9 Å². The van der Waals surface area contributed by atoms with Gasteiger partial charge in [0.1, 0.15) is 0 Å². The van der Waals surface area contributed by atoms with Crippen LogP contribution in [0.3, 0.4) is 0 Å². The number of carbonyl (C=O) groups is 2. The number of hydrogen-bond acceptors (Lipinski definition) is 4. The molecule has 1 heterocycles. The molecule has 0 saturated heterocycles. The summed E-state index contributed by atoms with van der Waals surface area (Å²) in [5.74, 6) is -0.0400. The smallest absolute Gasteiger partial charge is 0.322 e. The molecule has 1 aliphatic heterocycles. The van der Waals surface area contributed by atoms with Gasteiger partial charge in [-0.3, -0.25) is 19.8 Å². The van der Waals surface area contributed by atoms with Crippen molar-refractivity contribution in [1.29, 1.82) is 0 Å². The quantitative estimate of drug-likeness (QED) is 0.508. The fraction of sp³-hybridized carbons (Fsp3) is 0.368. The minimum absolute atomic E-state index is 0.0400. The van der Waals surface area contributed by atoms with Crippen LogP contribution in [0, 0.1) is 15.5 Å². The van der Waals surface area contributed by atoms with Gasteiger partial charge in [0.05, 0.1) is 11.0 Å². The highest BCUT2D eigenvalue weighted by Gasteiger charge is 2.43. The Hall–Kier alpha value is -2.96. The Morgan fingerprint density at radius 1 is 1.38 bits per heavy atom. The molecule has 1 aliphatic carbocycles. The van der Waals surface area contributed by atoms with Crippen molar-refractivity contribution < 1.29 is 14.5 Å². The molecule has 1 atom stereocenters. The van der Waals surface area contributed by atoms with Crippen LogP contribution >= 0.6 is 0 Å². The summed E-state index contributed by atoms with van der Waals surface area (Å²) in [5.41, 5.74) is 1.42. The van der Waals surface area contributed by atoms with E-state index < -0.39 is 11.0 Å². The predicted molar refractivity (Wildman–Crippen MR) is 96.3 cm³/mol. The maximum atomic E-state index is 12.9. The topological polar surface area (TPSA) is 92.6 Å². The number of nitrogens with zero attached hydrogens (tertiary/aromatic N) is 2. The Morgan fingerprint density at radius 2 is 2.12 bits per heavy atom. The number of allylic oxidation sites excluding steroid dienone is 1. The zero-order chi connectivity index (χ0) is 19.1. The van der Waals surface area contributed by atoms with Crippen LogP contribution in [0.1, 0.15) is 38.3 Å². The van der Waals surface area contributed by atoms with Gasteiger partial charge in [-0.1, -0.05) is 32.1 Å². The number of carbonyl (C=O) groups excluding carboxylic acids is 2. The van der Waals surface area contributed by atoms with Gasteiger partial charge in [-0.05, 0) is 17.4 Å². The number of benzene rings is 1. The van der Waals surface area contributed by atoms with Gasteiger partial charge in [0.15, 0.2) is 5.78 Å². The van der Waals surface area contributed by atoms with Crippen LogP contribution in [0.4, 0.5) is 10.5 Å². The number of nitro benzene ring substituents is 1. The molecular formula is C19H21N3O4. The molecule has 3 rings (SSSR count). The number of hydrogen-bond donors (Lipinski definition) is 1. The Balaban J connectivity index is 2.15. The van der Waals surface area contributed by atoms with E-state index in [9.17, 15) is 19.7 Å². The number of amides is 2. The molecule has 1 aromatic rings. The van der Waals surface area contributed by atoms with E-state index in [1.807, 2.05) is 13.8 Å². The molecule has 0 fully saturated rings. The number of nitro groups is 1. The highest BCUT2D eigenvalue weighted by Crippen LogP contribution is 2.44. The number of urea groups is 1. The van der Waals surface area contributed by atoms with Crippen molar-refractivity contribution in [2.24, 2.45) is 5.41 Å². The lowest BCUT2D eigenvalue weighted by Gasteiger charge is -2.43. The predicted octanol–water partition coefficient (Wildman–Crippen LogP) is 3.49. The Bertz CT molecular complexity index is 841. The minimum Gasteiger partial charge on any atom is -0.327 e. The Kier molecular flexibility index (Phi) is 4.39. The monoisotopic (exact) mass is 355 g/mol. The third-order valence-corrected chi connectivity index (χ3v) is 4.75. The maximum absolute atomic E-state index is 12.9. The van der Waals surface area contributed by atoms with E-state index in [-0.39, 0.29) is 22.9 Å². The number of nitrogens with one attached hydrogen (secondary N) is 1. The third kappa shape index (κ3) is 3.12. The molecule has 7 nitrogen and oxygen atoms in total. The first-order valence-corrected chi connectivity index (χ1v) is 8.43. The fourth-order valence-corrected chi connectivity index (χ4v) is 3.66. The second-order valence-corrected chi connectivity index (χ2v) is 7.44. The first kappa shape index (κ1) is 17.8. The fourth-order valence-electron chi connectivity index (χ4n) is 3.66. The molecule has 0 radical (unpaired) electrons. The van der Waals surface area contributed by atoms with E-state index in [0.29, 0.717) is 36.2 Å². The van der Waals surface area contributed by atoms with Gasteiger partial charge in [-0.2, -0.15) is 0 Å². The van der Waals surface area contributed by atoms with Gasteiger partial charge in [0.2, 0.25) is 0 Å². The Morgan fingerprint density at radius 3 is 2.77 bits per heavy atom. The summed E-state index contributed by atoms with van der Waals surface area (Å²) in [6, 6.07) is 5.05. The van der Waals surface area contributed by atoms with E-state index in [1.165, 1.54) is 17.0 Å². The standard InChI is InChI=1S/C19H21N3O4/c1-4-8-21-14-10-19(2,3)11-15(23)16(14)17(20-18(21)24)12-6-5-7-13(9-12)22(25)26/h4-7,9,17H,1,8,10-11H2,2-3H3,(H,20,24). The second kappa shape index (κ2) is 6.40. The normalized spacial score (nSPS) is 21.9. The number of rotatable bonds is 4. The van der Waals surface area contributed by atoms with Crippen LogP contribution in [0.25, 0.3) is 0 Å². The molecule has 0 aromatic heterocycles. The van der Waals surface area contributed by atoms with E-state index in [2.05, 4.69) is 11.9 Å². The van der Waals surface area contributed by atoms with E-state index in [1.54, 1.807) is 18.2 Å². The van der Waals surface area contributed by atoms with E-state index >= 15 is 0 Å². The van der Waals surface area contributed by atoms with Crippen molar-refractivity contribution in [2.45, 2.75) is 32.7 Å². The van der Waals surface area contributed by atoms with Crippen LogP contribution in [0.5, 0.6) is 0 Å². The van der Waals surface area contributed by atoms with Crippen LogP contribution in [0.2, 0.25) is 0 Å². The zero-order valence-corrected chi connectivity index (χ0v) is 14.8. The molecule has 7 heteroatoms. The highest BCUT2D eigenvalue weighted by atomic mass is 16.6. The second-order valence-electron chi connectivity index (χ2n) is 7.44. The molecule has 0 bridgehead atoms. The van der Waals surface area contributed by atoms with Crippen molar-refractivity contribution in [3.8, 4) is 0 Å². The molecule has 0 spiro atoms. The van der Waals surface area contributed by atoms with Crippen molar-refractivity contribution >= 4 is 17.5 Å². The molecule has 26 heavy (non-hydrogen) atoms. The number of ketones is 1. The van der Waals surface area contributed by atoms with Crippen LogP contribution < -0.4 is 5.32 Å². The molecule has 136 valence electrons. The SMILES string of the molecule is C=CCN1C(=O)NC(c2cccc([N+](=O)[O-])c2)C2=C1CC(C)(C)CC2=O. The van der Waals surface area contributed by atoms with Gasteiger partial charge in [-0.25, -0.2) is 4.79 Å². The summed E-state index contributed by atoms with van der Waals surface area (Å²) in [7, 11) is 0. The lowest BCUT2D eigenvalue weighted by molar-refractivity contribution is -0.384. The summed E-state index contributed by atoms with van der Waals surface area (Å²) >= 11 is 0. The Labute approximate surface area is 151 Å². The van der Waals surface area contributed by atoms with Crippen molar-refractivity contribution in [1.82, 2.24) is 10.2 Å². The van der Waals surface area contributed by atoms with Gasteiger partial charge in [-0.15, -0.1) is 6.58 Å². The molecule has 0 saturated carbocycles. The molecule has 2 aliphatic rings. The van der Waals surface area contributed by atoms with Crippen molar-refractivity contribution in [2.75, 3.05) is 6.54 Å². The lowest BCUT2D eigenvalue weighted by Crippen LogP contribution is -2.51. The van der Waals surface area contributed by atoms with Gasteiger partial charge in [0, 0.05) is 36.4 Å². The third-order valence-electron chi connectivity index (χ3n) is 4.75. The average Bonchev–Trinajstić information content (AvgIpc) is 2.56. The number of Topliss-reactive ketones (excluding diaryl/α,β-unsaturated/α-hetero) is 1. The molecule has 2 amide bonds. The molecule has 1 N–H and O–H groups in total. The first-order valence-electron chi connectivity index (χ1n) is 8.43. The summed E-state index contributed by atoms with van der Waals surface area (Å²) in [6.07, 6.45) is 2.57. The van der Waals surface area contributed by atoms with E-state index in [0.717, 1.165) is 0 Å². The van der Waals surface area contributed by atoms with E-state index in [4.69, 9.17) is 0 Å². The molecular weight excluding hydrogens is 334 g/mol. The average molecular weight is 355 g/mol. The van der Waals surface area contributed by atoms with Gasteiger partial charge >= 0.3 is 6.03 Å². The maximum Gasteiger partial charge on any atom is 0.322 e. The van der Waals surface area contributed by atoms with Gasteiger partial charge < -0.3 is 5.32 Å². The lowest BCUT2D eigenvalue weighted by atomic mass is 9.72. The molecule has 1 aromatic carbocycles. The summed E-state index contributed by atoms with van der Waals surface area (Å²) in [5, 5.41) is 13.9. The van der Waals surface area contributed by atoms with Crippen molar-refractivity contribution in [3.63, 3.8) is 0 Å². The highest BCUT2D eigenvalue weighted by molar-refractivity contribution is 6.01. The minimum atomic E-state index is -0.679. The first-order chi connectivity index (χ1) is 12.2. The molecule has 1 unspecified atom stereocenters. The van der Waals surface area contributed by atoms with Crippen LogP contribution in [-0.4, -0.2) is 28.2 Å². The van der Waals surface area contributed by atoms with Gasteiger partial charge in [0.25, 0.3) is 5.69 Å². The largest absolute Gasteiger partial charge is 0.327 e. The summed E-state index contributed by atoms with van der Waals surface area (Å²) in [6.45, 7) is 7.98. The number of non-ortho nitro benzene ring substituents is 1. The summed E-state index contributed by atoms with van der Waals surface area (Å²) in [4.78, 5) is 37.7. The van der Waals surface area contributed by atoms with Crippen LogP contribution in [0.15, 0.2) is 48.2 Å².